The fourth-order valence-corrected chi connectivity index (χ4v) is 2.97. The van der Waals surface area contributed by atoms with Gasteiger partial charge in [-0.05, 0) is 26.2 Å². The minimum absolute atomic E-state index is 0.0129. The number of carboxylic acid groups (broad SMARTS) is 2. The predicted molar refractivity (Wildman–Crippen MR) is 132 cm³/mol. The van der Waals surface area contributed by atoms with Crippen molar-refractivity contribution in [2.45, 2.75) is 116 Å². The number of unbranched alkanes of at least 4 members (excludes halogenated alkanes) is 10. The summed E-state index contributed by atoms with van der Waals surface area (Å²) in [6.07, 6.45) is 15.1. The number of carbonyl (C=O) groups excluding carboxylic acids is 1. The Labute approximate surface area is 198 Å². The largest absolute Gasteiger partial charge is 0.480 e. The lowest BCUT2D eigenvalue weighted by molar-refractivity contribution is -0.141. The zero-order chi connectivity index (χ0) is 25.5. The van der Waals surface area contributed by atoms with Crippen LogP contribution in [0, 0.1) is 0 Å². The van der Waals surface area contributed by atoms with Crippen molar-refractivity contribution >= 4 is 23.8 Å². The summed E-state index contributed by atoms with van der Waals surface area (Å²) < 4.78 is 0. The van der Waals surface area contributed by atoms with Crippen LogP contribution in [0.1, 0.15) is 104 Å². The van der Waals surface area contributed by atoms with Gasteiger partial charge in [0.05, 0.1) is 0 Å². The normalized spacial score (nSPS) is 12.1. The maximum Gasteiger partial charge on any atom is 0.325 e. The van der Waals surface area contributed by atoms with Gasteiger partial charge in [-0.25, -0.2) is 0 Å². The summed E-state index contributed by atoms with van der Waals surface area (Å²) in [5, 5.41) is 19.5. The van der Waals surface area contributed by atoms with Crippen LogP contribution in [0.15, 0.2) is 4.99 Å². The average Bonchev–Trinajstić information content (AvgIpc) is 2.75. The fraction of sp³-hybridized carbons (Fsp3) is 0.826. The number of hydrogen-bond acceptors (Lipinski definition) is 5. The highest BCUT2D eigenvalue weighted by atomic mass is 16.4. The highest BCUT2D eigenvalue weighted by Crippen LogP contribution is 2.11. The Morgan fingerprint density at radius 3 is 1.73 bits per heavy atom. The molecular formula is C23H47N5O5. The lowest BCUT2D eigenvalue weighted by atomic mass is 10.1. The van der Waals surface area contributed by atoms with E-state index in [4.69, 9.17) is 27.4 Å². The van der Waals surface area contributed by atoms with Gasteiger partial charge in [0.2, 0.25) is 5.91 Å². The molecule has 0 spiro atoms. The Morgan fingerprint density at radius 1 is 0.818 bits per heavy atom. The van der Waals surface area contributed by atoms with Crippen LogP contribution in [0.25, 0.3) is 0 Å². The number of nitrogens with zero attached hydrogens (tertiary/aromatic N) is 1. The van der Waals surface area contributed by atoms with Crippen molar-refractivity contribution in [1.82, 2.24) is 5.32 Å². The quantitative estimate of drug-likeness (QED) is 0.0935. The molecule has 0 aliphatic heterocycles. The maximum absolute atomic E-state index is 11.4. The van der Waals surface area contributed by atoms with Gasteiger partial charge in [-0.2, -0.15) is 0 Å². The second-order valence-corrected chi connectivity index (χ2v) is 8.31. The third-order valence-corrected chi connectivity index (χ3v) is 5.04. The van der Waals surface area contributed by atoms with Gasteiger partial charge < -0.3 is 32.7 Å². The van der Waals surface area contributed by atoms with Crippen LogP contribution in [0.5, 0.6) is 0 Å². The lowest BCUT2D eigenvalue weighted by Crippen LogP contribution is -2.38. The molecule has 0 heterocycles. The van der Waals surface area contributed by atoms with E-state index in [9.17, 15) is 14.4 Å². The van der Waals surface area contributed by atoms with Gasteiger partial charge in [0, 0.05) is 13.0 Å². The van der Waals surface area contributed by atoms with Gasteiger partial charge in [-0.15, -0.1) is 0 Å². The molecule has 9 N–H and O–H groups in total. The van der Waals surface area contributed by atoms with Crippen LogP contribution in [0.3, 0.4) is 0 Å². The Kier molecular flexibility index (Phi) is 22.7. The standard InChI is InChI=1S/C17H33NO3.C6H14N4O2/c1-3-4-5-6-7-8-9-10-11-12-13-14-16(19)18-15(2)17(20)21;7-4(5(11)12)2-1-3-10-6(8)9/h15H,3-14H2,1-2H3,(H,18,19)(H,20,21);4H,1-3,7H2,(H,11,12)(H4,8,9,10)/t15-;4-/m00/s1. The topological polar surface area (TPSA) is 194 Å². The molecule has 10 nitrogen and oxygen atoms in total. The van der Waals surface area contributed by atoms with Gasteiger partial charge in [-0.3, -0.25) is 19.4 Å². The molecule has 33 heavy (non-hydrogen) atoms. The second kappa shape index (κ2) is 22.8. The van der Waals surface area contributed by atoms with Crippen LogP contribution in [0.2, 0.25) is 0 Å². The number of rotatable bonds is 19. The van der Waals surface area contributed by atoms with E-state index < -0.39 is 24.0 Å². The number of aliphatic carboxylic acids is 2. The third-order valence-electron chi connectivity index (χ3n) is 5.04. The zero-order valence-electron chi connectivity index (χ0n) is 20.6. The number of nitrogens with one attached hydrogen (secondary N) is 1. The van der Waals surface area contributed by atoms with Crippen LogP contribution in [0.4, 0.5) is 0 Å². The number of carbonyl (C=O) groups is 3. The van der Waals surface area contributed by atoms with Crippen molar-refractivity contribution in [2.24, 2.45) is 22.2 Å². The first kappa shape index (κ1) is 32.8. The van der Waals surface area contributed by atoms with E-state index in [1.54, 1.807) is 0 Å². The van der Waals surface area contributed by atoms with Crippen LogP contribution < -0.4 is 22.5 Å². The van der Waals surface area contributed by atoms with Crippen LogP contribution in [-0.4, -0.2) is 52.6 Å². The molecule has 0 fully saturated rings. The molecule has 0 saturated heterocycles. The molecule has 194 valence electrons. The fourth-order valence-electron chi connectivity index (χ4n) is 2.97. The van der Waals surface area contributed by atoms with Crippen molar-refractivity contribution in [3.63, 3.8) is 0 Å². The molecule has 0 aromatic heterocycles. The molecule has 0 rings (SSSR count). The van der Waals surface area contributed by atoms with Crippen molar-refractivity contribution in [2.75, 3.05) is 6.54 Å². The van der Waals surface area contributed by atoms with Gasteiger partial charge in [-0.1, -0.05) is 71.1 Å². The lowest BCUT2D eigenvalue weighted by Gasteiger charge is -2.08. The molecule has 0 aromatic rings. The van der Waals surface area contributed by atoms with E-state index in [0.29, 0.717) is 25.8 Å². The highest BCUT2D eigenvalue weighted by molar-refractivity contribution is 5.83. The van der Waals surface area contributed by atoms with Crippen molar-refractivity contribution in [3.05, 3.63) is 0 Å². The van der Waals surface area contributed by atoms with E-state index >= 15 is 0 Å². The minimum Gasteiger partial charge on any atom is -0.480 e. The van der Waals surface area contributed by atoms with E-state index in [2.05, 4.69) is 17.2 Å². The molecule has 0 radical (unpaired) electrons. The number of guanidine groups is 1. The van der Waals surface area contributed by atoms with Crippen LogP contribution >= 0.6 is 0 Å². The number of nitrogens with two attached hydrogens (primary N) is 3. The zero-order valence-corrected chi connectivity index (χ0v) is 20.6. The third kappa shape index (κ3) is 25.8. The summed E-state index contributed by atoms with van der Waals surface area (Å²) in [6.45, 7) is 4.15. The Bertz CT molecular complexity index is 553. The molecule has 1 amide bonds. The van der Waals surface area contributed by atoms with Gasteiger partial charge >= 0.3 is 11.9 Å². The van der Waals surface area contributed by atoms with E-state index in [1.807, 2.05) is 0 Å². The summed E-state index contributed by atoms with van der Waals surface area (Å²) in [7, 11) is 0. The first-order valence-corrected chi connectivity index (χ1v) is 12.2. The Balaban J connectivity index is 0. The molecule has 10 heteroatoms. The highest BCUT2D eigenvalue weighted by Gasteiger charge is 2.13. The predicted octanol–water partition coefficient (Wildman–Crippen LogP) is 2.73. The maximum atomic E-state index is 11.4. The van der Waals surface area contributed by atoms with Crippen molar-refractivity contribution < 1.29 is 24.6 Å². The minimum atomic E-state index is -1.00. The van der Waals surface area contributed by atoms with E-state index in [0.717, 1.165) is 12.8 Å². The van der Waals surface area contributed by atoms with E-state index in [1.165, 1.54) is 64.7 Å². The number of hydrogen-bond donors (Lipinski definition) is 6. The first-order chi connectivity index (χ1) is 15.6. The smallest absolute Gasteiger partial charge is 0.325 e. The summed E-state index contributed by atoms with van der Waals surface area (Å²) in [5.41, 5.74) is 15.3. The summed E-state index contributed by atoms with van der Waals surface area (Å²) in [5.74, 6) is -2.12. The molecule has 2 atom stereocenters. The van der Waals surface area contributed by atoms with Gasteiger partial charge in [0.15, 0.2) is 5.96 Å². The van der Waals surface area contributed by atoms with E-state index in [-0.39, 0.29) is 11.9 Å². The monoisotopic (exact) mass is 473 g/mol. The molecule has 0 aliphatic carbocycles. The van der Waals surface area contributed by atoms with Gasteiger partial charge in [0.1, 0.15) is 12.1 Å². The molecule has 0 saturated carbocycles. The Hall–Kier alpha value is -2.36. The van der Waals surface area contributed by atoms with Crippen molar-refractivity contribution in [3.8, 4) is 0 Å². The second-order valence-electron chi connectivity index (χ2n) is 8.31. The molecule has 0 aliphatic rings. The number of carboxylic acids is 2. The summed E-state index contributed by atoms with van der Waals surface area (Å²) in [6, 6.07) is -1.61. The molecule has 0 aromatic carbocycles. The summed E-state index contributed by atoms with van der Waals surface area (Å²) >= 11 is 0. The van der Waals surface area contributed by atoms with Crippen LogP contribution in [-0.2, 0) is 14.4 Å². The van der Waals surface area contributed by atoms with Gasteiger partial charge in [0.25, 0.3) is 0 Å². The molecule has 0 unspecified atom stereocenters. The SMILES string of the molecule is CCCCCCCCCCCCCC(=O)N[C@@H](C)C(=O)O.NC(N)=NCCC[C@H](N)C(=O)O. The molecular weight excluding hydrogens is 426 g/mol. The Morgan fingerprint density at radius 2 is 1.30 bits per heavy atom. The van der Waals surface area contributed by atoms with Crippen molar-refractivity contribution in [1.29, 1.82) is 0 Å². The summed E-state index contributed by atoms with van der Waals surface area (Å²) in [4.78, 5) is 35.9. The average molecular weight is 474 g/mol. The first-order valence-electron chi connectivity index (χ1n) is 12.2. The number of amides is 1. The number of aliphatic imine (C=N–C) groups is 1. The molecule has 0 bridgehead atoms.